The molecule has 35 heavy (non-hydrogen) atoms. The van der Waals surface area contributed by atoms with Crippen LogP contribution in [0.15, 0.2) is 59.5 Å². The smallest absolute Gasteiger partial charge is 0.336 e. The van der Waals surface area contributed by atoms with Gasteiger partial charge in [0.05, 0.1) is 42.4 Å². The Morgan fingerprint density at radius 3 is 2.91 bits per heavy atom. The summed E-state index contributed by atoms with van der Waals surface area (Å²) in [6.07, 6.45) is 2.39. The molecule has 1 fully saturated rings. The Kier molecular flexibility index (Phi) is 4.64. The third-order valence-corrected chi connectivity index (χ3v) is 6.98. The fraction of sp³-hybridized carbons (Fsp3) is 0.231. The van der Waals surface area contributed by atoms with Gasteiger partial charge in [0.15, 0.2) is 0 Å². The minimum atomic E-state index is -0.380. The Labute approximate surface area is 200 Å². The Morgan fingerprint density at radius 1 is 1.26 bits per heavy atom. The number of hydrogen-bond donors (Lipinski definition) is 1. The normalized spacial score (nSPS) is 18.0. The van der Waals surface area contributed by atoms with E-state index < -0.39 is 0 Å². The predicted molar refractivity (Wildman–Crippen MR) is 127 cm³/mol. The van der Waals surface area contributed by atoms with Crippen molar-refractivity contribution in [3.8, 4) is 23.4 Å². The number of ether oxygens (including phenoxy) is 1. The lowest BCUT2D eigenvalue weighted by atomic mass is 10.1. The summed E-state index contributed by atoms with van der Waals surface area (Å²) < 4.78 is 8.12. The second kappa shape index (κ2) is 7.74. The molecule has 9 nitrogen and oxygen atoms in total. The average molecular weight is 467 g/mol. The van der Waals surface area contributed by atoms with E-state index in [9.17, 15) is 20.0 Å². The van der Waals surface area contributed by atoms with Crippen LogP contribution in [0, 0.1) is 11.3 Å². The molecule has 2 aliphatic rings. The molecule has 1 N–H and O–H groups in total. The van der Waals surface area contributed by atoms with E-state index in [1.165, 1.54) is 4.57 Å². The van der Waals surface area contributed by atoms with Crippen LogP contribution in [-0.2, 0) is 11.2 Å². The van der Waals surface area contributed by atoms with Crippen molar-refractivity contribution in [3.63, 3.8) is 0 Å². The molecule has 1 saturated heterocycles. The van der Waals surface area contributed by atoms with Gasteiger partial charge in [-0.25, -0.2) is 9.36 Å². The van der Waals surface area contributed by atoms with Crippen LogP contribution in [0.1, 0.15) is 35.3 Å². The maximum absolute atomic E-state index is 13.5. The number of aromatic nitrogens is 3. The van der Waals surface area contributed by atoms with Crippen molar-refractivity contribution < 1.29 is 14.6 Å². The third-order valence-electron chi connectivity index (χ3n) is 6.98. The summed E-state index contributed by atoms with van der Waals surface area (Å²) in [6, 6.07) is 15.7. The molecular weight excluding hydrogens is 446 g/mol. The monoisotopic (exact) mass is 467 g/mol. The fourth-order valence-electron chi connectivity index (χ4n) is 5.44. The van der Waals surface area contributed by atoms with Gasteiger partial charge in [-0.05, 0) is 48.4 Å². The first-order valence-corrected chi connectivity index (χ1v) is 11.3. The zero-order valence-electron chi connectivity index (χ0n) is 18.9. The molecule has 0 spiro atoms. The first-order valence-electron chi connectivity index (χ1n) is 11.3. The molecule has 1 unspecified atom stereocenters. The number of carbonyl (C=O) groups is 1. The number of rotatable bonds is 4. The zero-order valence-corrected chi connectivity index (χ0v) is 18.9. The standard InChI is InChI=1S/C26H21N5O4/c1-35-18-5-2-4-15(10-18)11-22(32)29-14-17-12-21(29)24-25(33)31(26(34)30(17)24)20-8-7-16(13-27)23-19(20)6-3-9-28-23/h2-10,17,21,33H,11-12,14H2,1H3/t17-,21?/m1/s1. The van der Waals surface area contributed by atoms with Crippen LogP contribution in [0.2, 0.25) is 0 Å². The average Bonchev–Trinajstić information content (AvgIpc) is 3.55. The van der Waals surface area contributed by atoms with Gasteiger partial charge in [-0.3, -0.25) is 14.3 Å². The van der Waals surface area contributed by atoms with Crippen molar-refractivity contribution >= 4 is 16.8 Å². The van der Waals surface area contributed by atoms with Gasteiger partial charge in [0.1, 0.15) is 17.5 Å². The zero-order chi connectivity index (χ0) is 24.3. The predicted octanol–water partition coefficient (Wildman–Crippen LogP) is 2.84. The molecule has 4 heterocycles. The van der Waals surface area contributed by atoms with Gasteiger partial charge in [-0.2, -0.15) is 5.26 Å². The van der Waals surface area contributed by atoms with Gasteiger partial charge < -0.3 is 14.7 Å². The molecule has 6 rings (SSSR count). The first kappa shape index (κ1) is 21.0. The molecule has 2 aromatic carbocycles. The number of nitrogens with zero attached hydrogens (tertiary/aromatic N) is 5. The van der Waals surface area contributed by atoms with Gasteiger partial charge in [-0.15, -0.1) is 0 Å². The van der Waals surface area contributed by atoms with Crippen LogP contribution in [-0.4, -0.2) is 43.7 Å². The second-order valence-corrected chi connectivity index (χ2v) is 8.82. The Bertz CT molecular complexity index is 1610. The van der Waals surface area contributed by atoms with Gasteiger partial charge in [-0.1, -0.05) is 12.1 Å². The number of methoxy groups -OCH3 is 1. The van der Waals surface area contributed by atoms with E-state index in [0.29, 0.717) is 46.6 Å². The minimum Gasteiger partial charge on any atom is -0.497 e. The topological polar surface area (TPSA) is 113 Å². The maximum Gasteiger partial charge on any atom is 0.336 e. The number of likely N-dealkylation sites (tertiary alicyclic amines) is 1. The molecular formula is C26H21N5O4. The highest BCUT2D eigenvalue weighted by molar-refractivity contribution is 5.91. The molecule has 174 valence electrons. The number of fused-ring (bicyclic) bond motifs is 6. The summed E-state index contributed by atoms with van der Waals surface area (Å²) in [7, 11) is 1.58. The highest BCUT2D eigenvalue weighted by Gasteiger charge is 2.49. The third kappa shape index (κ3) is 3.03. The highest BCUT2D eigenvalue weighted by Crippen LogP contribution is 2.49. The fourth-order valence-corrected chi connectivity index (χ4v) is 5.44. The Morgan fingerprint density at radius 2 is 2.11 bits per heavy atom. The van der Waals surface area contributed by atoms with E-state index in [0.717, 1.165) is 5.56 Å². The molecule has 1 amide bonds. The van der Waals surface area contributed by atoms with E-state index in [2.05, 4.69) is 11.1 Å². The van der Waals surface area contributed by atoms with Crippen LogP contribution < -0.4 is 10.4 Å². The van der Waals surface area contributed by atoms with Crippen LogP contribution in [0.4, 0.5) is 0 Å². The molecule has 4 aromatic rings. The number of imidazole rings is 1. The number of amides is 1. The summed E-state index contributed by atoms with van der Waals surface area (Å²) in [5.74, 6) is 0.437. The van der Waals surface area contributed by atoms with Crippen molar-refractivity contribution in [1.29, 1.82) is 5.26 Å². The number of nitriles is 1. The van der Waals surface area contributed by atoms with Crippen molar-refractivity contribution in [2.75, 3.05) is 13.7 Å². The molecule has 2 aliphatic heterocycles. The van der Waals surface area contributed by atoms with Crippen molar-refractivity contribution in [2.45, 2.75) is 24.9 Å². The SMILES string of the molecule is COc1cccc(CC(=O)N2C[C@H]3CC2c2c(O)n(-c4ccc(C#N)c5ncccc45)c(=O)n23)c1. The summed E-state index contributed by atoms with van der Waals surface area (Å²) >= 11 is 0. The molecule has 0 saturated carbocycles. The van der Waals surface area contributed by atoms with E-state index in [1.54, 1.807) is 47.0 Å². The lowest BCUT2D eigenvalue weighted by molar-refractivity contribution is -0.132. The minimum absolute atomic E-state index is 0.0652. The number of aromatic hydroxyl groups is 1. The Balaban J connectivity index is 1.39. The van der Waals surface area contributed by atoms with E-state index in [-0.39, 0.29) is 36.0 Å². The summed E-state index contributed by atoms with van der Waals surface area (Å²) in [4.78, 5) is 32.7. The van der Waals surface area contributed by atoms with Gasteiger partial charge >= 0.3 is 5.69 Å². The number of hydrogen-bond acceptors (Lipinski definition) is 6. The van der Waals surface area contributed by atoms with Gasteiger partial charge in [0.2, 0.25) is 11.8 Å². The van der Waals surface area contributed by atoms with Crippen molar-refractivity contribution in [1.82, 2.24) is 19.0 Å². The van der Waals surface area contributed by atoms with Crippen LogP contribution >= 0.6 is 0 Å². The molecule has 2 atom stereocenters. The molecule has 0 aliphatic carbocycles. The van der Waals surface area contributed by atoms with Crippen molar-refractivity contribution in [2.24, 2.45) is 0 Å². The first-order chi connectivity index (χ1) is 17.0. The van der Waals surface area contributed by atoms with Crippen LogP contribution in [0.25, 0.3) is 16.6 Å². The lowest BCUT2D eigenvalue weighted by Crippen LogP contribution is -2.38. The van der Waals surface area contributed by atoms with Gasteiger partial charge in [0.25, 0.3) is 0 Å². The lowest BCUT2D eigenvalue weighted by Gasteiger charge is -2.27. The van der Waals surface area contributed by atoms with Crippen LogP contribution in [0.5, 0.6) is 11.6 Å². The Hall–Kier alpha value is -4.58. The highest BCUT2D eigenvalue weighted by atomic mass is 16.5. The maximum atomic E-state index is 13.5. The van der Waals surface area contributed by atoms with E-state index in [4.69, 9.17) is 4.74 Å². The van der Waals surface area contributed by atoms with E-state index in [1.807, 2.05) is 24.3 Å². The number of pyridine rings is 1. The summed E-state index contributed by atoms with van der Waals surface area (Å²) in [6.45, 7) is 0.416. The van der Waals surface area contributed by atoms with Crippen LogP contribution in [0.3, 0.4) is 0 Å². The second-order valence-electron chi connectivity index (χ2n) is 8.82. The molecule has 2 bridgehead atoms. The van der Waals surface area contributed by atoms with E-state index >= 15 is 0 Å². The summed E-state index contributed by atoms with van der Waals surface area (Å²) in [5, 5.41) is 21.3. The molecule has 0 radical (unpaired) electrons. The number of carbonyl (C=O) groups excluding carboxylic acids is 1. The number of benzene rings is 2. The van der Waals surface area contributed by atoms with Gasteiger partial charge in [0, 0.05) is 18.1 Å². The largest absolute Gasteiger partial charge is 0.497 e. The quantitative estimate of drug-likeness (QED) is 0.494. The van der Waals surface area contributed by atoms with Crippen molar-refractivity contribution in [3.05, 3.63) is 82.0 Å². The molecule has 2 aromatic heterocycles. The summed E-state index contributed by atoms with van der Waals surface area (Å²) in [5.41, 5.74) is 2.23. The molecule has 9 heteroatoms.